The van der Waals surface area contributed by atoms with Gasteiger partial charge in [-0.3, -0.25) is 9.48 Å². The lowest BCUT2D eigenvalue weighted by molar-refractivity contribution is -0.142. The fourth-order valence-electron chi connectivity index (χ4n) is 3.60. The van der Waals surface area contributed by atoms with Crippen LogP contribution < -0.4 is 0 Å². The zero-order chi connectivity index (χ0) is 21.3. The largest absolute Gasteiger partial charge is 0.435 e. The number of halogens is 3. The molecule has 30 heavy (non-hydrogen) atoms. The molecular formula is C20H20F3N5O2. The lowest BCUT2D eigenvalue weighted by Crippen LogP contribution is -2.39. The number of rotatable bonds is 4. The van der Waals surface area contributed by atoms with Crippen LogP contribution in [0.15, 0.2) is 41.1 Å². The Morgan fingerprint density at radius 3 is 2.53 bits per heavy atom. The summed E-state index contributed by atoms with van der Waals surface area (Å²) in [5.41, 5.74) is -0.0906. The molecule has 0 spiro atoms. The predicted molar refractivity (Wildman–Crippen MR) is 100 cm³/mol. The van der Waals surface area contributed by atoms with Crippen LogP contribution in [0.2, 0.25) is 0 Å². The number of hydrogen-bond acceptors (Lipinski definition) is 5. The van der Waals surface area contributed by atoms with Crippen LogP contribution >= 0.6 is 0 Å². The number of piperidine rings is 1. The van der Waals surface area contributed by atoms with Crippen molar-refractivity contribution in [2.45, 2.75) is 38.4 Å². The molecule has 1 saturated heterocycles. The molecule has 2 aromatic heterocycles. The van der Waals surface area contributed by atoms with E-state index in [9.17, 15) is 18.0 Å². The van der Waals surface area contributed by atoms with Crippen molar-refractivity contribution in [3.8, 4) is 11.4 Å². The highest BCUT2D eigenvalue weighted by atomic mass is 19.4. The number of benzene rings is 1. The maximum atomic E-state index is 12.9. The molecular weight excluding hydrogens is 399 g/mol. The Bertz CT molecular complexity index is 1020. The third-order valence-corrected chi connectivity index (χ3v) is 5.18. The standard InChI is InChI=1S/C20H20F3N5O2/c1-13-11-28(25-17(13)20(21,22)23)12-16(29)27-9-7-15(8-10-27)19-24-18(26-30-19)14-5-3-2-4-6-14/h2-6,11,15H,7-10,12H2,1H3. The van der Waals surface area contributed by atoms with Gasteiger partial charge in [-0.05, 0) is 25.3 Å². The maximum Gasteiger partial charge on any atom is 0.435 e. The molecule has 10 heteroatoms. The minimum atomic E-state index is -4.53. The van der Waals surface area contributed by atoms with Gasteiger partial charge in [-0.15, -0.1) is 0 Å². The lowest BCUT2D eigenvalue weighted by atomic mass is 9.96. The Morgan fingerprint density at radius 2 is 1.90 bits per heavy atom. The van der Waals surface area contributed by atoms with E-state index in [4.69, 9.17) is 4.52 Å². The highest BCUT2D eigenvalue weighted by Crippen LogP contribution is 2.31. The average molecular weight is 419 g/mol. The molecule has 0 bridgehead atoms. The van der Waals surface area contributed by atoms with E-state index in [0.717, 1.165) is 10.2 Å². The van der Waals surface area contributed by atoms with Gasteiger partial charge in [-0.1, -0.05) is 35.5 Å². The summed E-state index contributed by atoms with van der Waals surface area (Å²) in [6.45, 7) is 2.05. The second-order valence-corrected chi connectivity index (χ2v) is 7.33. The van der Waals surface area contributed by atoms with Crippen LogP contribution in [0.3, 0.4) is 0 Å². The van der Waals surface area contributed by atoms with Crippen LogP contribution in [-0.4, -0.2) is 43.8 Å². The molecule has 1 aliphatic heterocycles. The zero-order valence-electron chi connectivity index (χ0n) is 16.3. The predicted octanol–water partition coefficient (Wildman–Crippen LogP) is 3.67. The Morgan fingerprint density at radius 1 is 1.20 bits per heavy atom. The number of nitrogens with zero attached hydrogens (tertiary/aromatic N) is 5. The van der Waals surface area contributed by atoms with Gasteiger partial charge < -0.3 is 9.42 Å². The monoisotopic (exact) mass is 419 g/mol. The second-order valence-electron chi connectivity index (χ2n) is 7.33. The molecule has 7 nitrogen and oxygen atoms in total. The van der Waals surface area contributed by atoms with E-state index in [1.807, 2.05) is 30.3 Å². The fraction of sp³-hybridized carbons (Fsp3) is 0.400. The van der Waals surface area contributed by atoms with Crippen molar-refractivity contribution in [3.05, 3.63) is 53.7 Å². The summed E-state index contributed by atoms with van der Waals surface area (Å²) < 4.78 is 45.1. The van der Waals surface area contributed by atoms with E-state index < -0.39 is 11.9 Å². The van der Waals surface area contributed by atoms with E-state index in [0.29, 0.717) is 37.6 Å². The molecule has 4 rings (SSSR count). The van der Waals surface area contributed by atoms with Gasteiger partial charge >= 0.3 is 6.18 Å². The van der Waals surface area contributed by atoms with Crippen LogP contribution in [0.1, 0.15) is 35.9 Å². The highest BCUT2D eigenvalue weighted by molar-refractivity contribution is 5.76. The Hall–Kier alpha value is -3.17. The quantitative estimate of drug-likeness (QED) is 0.645. The number of carbonyl (C=O) groups is 1. The topological polar surface area (TPSA) is 77.0 Å². The van der Waals surface area contributed by atoms with Gasteiger partial charge in [0.1, 0.15) is 6.54 Å². The highest BCUT2D eigenvalue weighted by Gasteiger charge is 2.36. The number of aryl methyl sites for hydroxylation is 1. The van der Waals surface area contributed by atoms with Gasteiger partial charge in [-0.2, -0.15) is 23.3 Å². The first-order valence-corrected chi connectivity index (χ1v) is 9.59. The molecule has 3 heterocycles. The van der Waals surface area contributed by atoms with Gasteiger partial charge in [0.25, 0.3) is 0 Å². The van der Waals surface area contributed by atoms with Crippen LogP contribution in [0.4, 0.5) is 13.2 Å². The molecule has 0 saturated carbocycles. The number of hydrogen-bond donors (Lipinski definition) is 0. The molecule has 158 valence electrons. The van der Waals surface area contributed by atoms with Crippen LogP contribution in [-0.2, 0) is 17.5 Å². The van der Waals surface area contributed by atoms with Crippen molar-refractivity contribution in [1.82, 2.24) is 24.8 Å². The third-order valence-electron chi connectivity index (χ3n) is 5.18. The van der Waals surface area contributed by atoms with Gasteiger partial charge in [0.05, 0.1) is 0 Å². The average Bonchev–Trinajstić information content (AvgIpc) is 3.35. The van der Waals surface area contributed by atoms with E-state index in [1.54, 1.807) is 4.90 Å². The second kappa shape index (κ2) is 7.92. The van der Waals surface area contributed by atoms with Crippen LogP contribution in [0.25, 0.3) is 11.4 Å². The molecule has 1 amide bonds. The van der Waals surface area contributed by atoms with Crippen molar-refractivity contribution in [2.24, 2.45) is 0 Å². The summed E-state index contributed by atoms with van der Waals surface area (Å²) in [5, 5.41) is 7.55. The Balaban J connectivity index is 1.35. The first kappa shape index (κ1) is 20.1. The normalized spacial score (nSPS) is 15.5. The Labute approximate surface area is 170 Å². The number of amides is 1. The molecule has 1 aliphatic rings. The van der Waals surface area contributed by atoms with E-state index in [2.05, 4.69) is 15.2 Å². The lowest BCUT2D eigenvalue weighted by Gasteiger charge is -2.30. The molecule has 3 aromatic rings. The zero-order valence-corrected chi connectivity index (χ0v) is 16.3. The van der Waals surface area contributed by atoms with Gasteiger partial charge in [0, 0.05) is 30.8 Å². The summed E-state index contributed by atoms with van der Waals surface area (Å²) in [7, 11) is 0. The number of carbonyl (C=O) groups excluding carboxylic acids is 1. The maximum absolute atomic E-state index is 12.9. The smallest absolute Gasteiger partial charge is 0.341 e. The Kier molecular flexibility index (Phi) is 5.31. The molecule has 0 unspecified atom stereocenters. The summed E-state index contributed by atoms with van der Waals surface area (Å²) in [5.74, 6) is 0.847. The van der Waals surface area contributed by atoms with Crippen LogP contribution in [0, 0.1) is 6.92 Å². The molecule has 0 aliphatic carbocycles. The van der Waals surface area contributed by atoms with Crippen molar-refractivity contribution in [1.29, 1.82) is 0 Å². The van der Waals surface area contributed by atoms with Gasteiger partial charge in [0.15, 0.2) is 5.69 Å². The van der Waals surface area contributed by atoms with E-state index in [-0.39, 0.29) is 23.9 Å². The molecule has 0 radical (unpaired) electrons. The summed E-state index contributed by atoms with van der Waals surface area (Å²) in [6, 6.07) is 9.50. The number of aromatic nitrogens is 4. The summed E-state index contributed by atoms with van der Waals surface area (Å²) in [4.78, 5) is 18.6. The minimum absolute atomic E-state index is 0.000350. The molecule has 1 fully saturated rings. The first-order valence-electron chi connectivity index (χ1n) is 9.59. The van der Waals surface area contributed by atoms with Gasteiger partial charge in [-0.25, -0.2) is 0 Å². The van der Waals surface area contributed by atoms with Crippen molar-refractivity contribution < 1.29 is 22.5 Å². The summed E-state index contributed by atoms with van der Waals surface area (Å²) in [6.07, 6.45) is -1.99. The van der Waals surface area contributed by atoms with Crippen molar-refractivity contribution in [2.75, 3.05) is 13.1 Å². The number of alkyl halides is 3. The first-order chi connectivity index (χ1) is 14.3. The molecule has 0 N–H and O–H groups in total. The van der Waals surface area contributed by atoms with Crippen molar-refractivity contribution >= 4 is 5.91 Å². The van der Waals surface area contributed by atoms with E-state index >= 15 is 0 Å². The molecule has 1 aromatic carbocycles. The SMILES string of the molecule is Cc1cn(CC(=O)N2CCC(c3nc(-c4ccccc4)no3)CC2)nc1C(F)(F)F. The molecule has 0 atom stereocenters. The summed E-state index contributed by atoms with van der Waals surface area (Å²) >= 11 is 0. The number of likely N-dealkylation sites (tertiary alicyclic amines) is 1. The minimum Gasteiger partial charge on any atom is -0.341 e. The fourth-order valence-corrected chi connectivity index (χ4v) is 3.60. The van der Waals surface area contributed by atoms with E-state index in [1.165, 1.54) is 13.1 Å². The van der Waals surface area contributed by atoms with Gasteiger partial charge in [0.2, 0.25) is 17.6 Å². The van der Waals surface area contributed by atoms with Crippen LogP contribution in [0.5, 0.6) is 0 Å². The third kappa shape index (κ3) is 4.22. The van der Waals surface area contributed by atoms with Crippen molar-refractivity contribution in [3.63, 3.8) is 0 Å².